The monoisotopic (exact) mass is 309 g/mol. The van der Waals surface area contributed by atoms with Crippen molar-refractivity contribution in [3.8, 4) is 6.07 Å². The highest BCUT2D eigenvalue weighted by molar-refractivity contribution is 5.90. The molecule has 0 aliphatic carbocycles. The molecule has 2 rings (SSSR count). The fourth-order valence-electron chi connectivity index (χ4n) is 2.08. The van der Waals surface area contributed by atoms with Crippen LogP contribution in [0.15, 0.2) is 36.7 Å². The molecule has 1 aromatic carbocycles. The van der Waals surface area contributed by atoms with Crippen molar-refractivity contribution in [2.24, 2.45) is 5.92 Å². The zero-order valence-corrected chi connectivity index (χ0v) is 13.2. The first-order valence-electron chi connectivity index (χ1n) is 7.42. The average Bonchev–Trinajstić information content (AvgIpc) is 2.52. The van der Waals surface area contributed by atoms with Gasteiger partial charge in [0.05, 0.1) is 0 Å². The van der Waals surface area contributed by atoms with E-state index in [9.17, 15) is 4.79 Å². The minimum Gasteiger partial charge on any atom is -0.364 e. The van der Waals surface area contributed by atoms with Crippen LogP contribution in [-0.2, 0) is 11.3 Å². The lowest BCUT2D eigenvalue weighted by atomic mass is 10.1. The predicted molar refractivity (Wildman–Crippen MR) is 88.6 cm³/mol. The van der Waals surface area contributed by atoms with Crippen molar-refractivity contribution in [2.75, 3.05) is 10.6 Å². The van der Waals surface area contributed by atoms with Gasteiger partial charge in [-0.1, -0.05) is 26.0 Å². The van der Waals surface area contributed by atoms with Crippen molar-refractivity contribution < 1.29 is 4.79 Å². The van der Waals surface area contributed by atoms with E-state index in [0.717, 1.165) is 11.3 Å². The molecule has 0 aliphatic rings. The van der Waals surface area contributed by atoms with Crippen LogP contribution < -0.4 is 10.6 Å². The van der Waals surface area contributed by atoms with Crippen LogP contribution in [0.2, 0.25) is 0 Å². The van der Waals surface area contributed by atoms with Gasteiger partial charge in [0, 0.05) is 31.0 Å². The molecular weight excluding hydrogens is 290 g/mol. The topological polar surface area (TPSA) is 90.7 Å². The van der Waals surface area contributed by atoms with Gasteiger partial charge in [-0.05, 0) is 23.6 Å². The molecule has 0 saturated heterocycles. The van der Waals surface area contributed by atoms with Crippen molar-refractivity contribution in [2.45, 2.75) is 26.8 Å². The Morgan fingerprint density at radius 2 is 2.09 bits per heavy atom. The van der Waals surface area contributed by atoms with Crippen LogP contribution in [0.5, 0.6) is 0 Å². The Kier molecular flexibility index (Phi) is 5.64. The molecule has 0 unspecified atom stereocenters. The smallest absolute Gasteiger partial charge is 0.224 e. The number of anilines is 2. The van der Waals surface area contributed by atoms with Gasteiger partial charge in [0.15, 0.2) is 11.5 Å². The molecule has 118 valence electrons. The molecule has 1 aromatic heterocycles. The Morgan fingerprint density at radius 1 is 1.30 bits per heavy atom. The van der Waals surface area contributed by atoms with Gasteiger partial charge in [-0.15, -0.1) is 0 Å². The number of amides is 1. The number of nitriles is 1. The number of aromatic nitrogens is 2. The molecular formula is C17H19N5O. The summed E-state index contributed by atoms with van der Waals surface area (Å²) < 4.78 is 0. The minimum absolute atomic E-state index is 0.00537. The third-order valence-electron chi connectivity index (χ3n) is 3.07. The molecule has 0 aliphatic heterocycles. The van der Waals surface area contributed by atoms with E-state index < -0.39 is 0 Å². The van der Waals surface area contributed by atoms with Crippen LogP contribution in [0.3, 0.4) is 0 Å². The van der Waals surface area contributed by atoms with Crippen molar-refractivity contribution >= 4 is 17.4 Å². The highest BCUT2D eigenvalue weighted by atomic mass is 16.1. The first-order chi connectivity index (χ1) is 11.1. The molecule has 1 amide bonds. The molecule has 6 heteroatoms. The Labute approximate surface area is 135 Å². The summed E-state index contributed by atoms with van der Waals surface area (Å²) in [6, 6.07) is 9.56. The summed E-state index contributed by atoms with van der Waals surface area (Å²) in [7, 11) is 0. The maximum Gasteiger partial charge on any atom is 0.224 e. The summed E-state index contributed by atoms with van der Waals surface area (Å²) in [5, 5.41) is 15.0. The molecule has 2 aromatic rings. The number of rotatable bonds is 6. The number of carbonyl (C=O) groups excluding carboxylic acids is 1. The van der Waals surface area contributed by atoms with Crippen LogP contribution in [0.4, 0.5) is 11.5 Å². The number of nitrogens with zero attached hydrogens (tertiary/aromatic N) is 3. The molecule has 0 atom stereocenters. The van der Waals surface area contributed by atoms with E-state index in [1.807, 2.05) is 44.2 Å². The molecule has 6 nitrogen and oxygen atoms in total. The minimum atomic E-state index is 0.00537. The van der Waals surface area contributed by atoms with E-state index in [1.54, 1.807) is 0 Å². The number of hydrogen-bond donors (Lipinski definition) is 2. The van der Waals surface area contributed by atoms with E-state index >= 15 is 0 Å². The van der Waals surface area contributed by atoms with Crippen molar-refractivity contribution in [1.82, 2.24) is 9.97 Å². The Bertz CT molecular complexity index is 721. The highest BCUT2D eigenvalue weighted by Crippen LogP contribution is 2.14. The zero-order chi connectivity index (χ0) is 16.7. The summed E-state index contributed by atoms with van der Waals surface area (Å²) >= 11 is 0. The fraction of sp³-hybridized carbons (Fsp3) is 0.294. The van der Waals surface area contributed by atoms with Crippen LogP contribution >= 0.6 is 0 Å². The maximum atomic E-state index is 11.8. The molecule has 23 heavy (non-hydrogen) atoms. The van der Waals surface area contributed by atoms with Crippen molar-refractivity contribution in [3.63, 3.8) is 0 Å². The summed E-state index contributed by atoms with van der Waals surface area (Å²) in [4.78, 5) is 19.9. The molecule has 0 spiro atoms. The normalized spacial score (nSPS) is 10.2. The van der Waals surface area contributed by atoms with Gasteiger partial charge in [0.2, 0.25) is 5.91 Å². The molecule has 0 fully saturated rings. The van der Waals surface area contributed by atoms with Gasteiger partial charge >= 0.3 is 0 Å². The van der Waals surface area contributed by atoms with Crippen LogP contribution in [0.25, 0.3) is 0 Å². The summed E-state index contributed by atoms with van der Waals surface area (Å²) in [6.45, 7) is 4.50. The lowest BCUT2D eigenvalue weighted by Crippen LogP contribution is -2.14. The molecule has 2 N–H and O–H groups in total. The van der Waals surface area contributed by atoms with Gasteiger partial charge in [0.25, 0.3) is 0 Å². The summed E-state index contributed by atoms with van der Waals surface area (Å²) in [6.07, 6.45) is 3.51. The first-order valence-corrected chi connectivity index (χ1v) is 7.42. The van der Waals surface area contributed by atoms with E-state index in [2.05, 4.69) is 20.6 Å². The second kappa shape index (κ2) is 7.90. The lowest BCUT2D eigenvalue weighted by Gasteiger charge is -2.10. The Morgan fingerprint density at radius 3 is 2.83 bits per heavy atom. The van der Waals surface area contributed by atoms with E-state index in [4.69, 9.17) is 5.26 Å². The fourth-order valence-corrected chi connectivity index (χ4v) is 2.08. The lowest BCUT2D eigenvalue weighted by molar-refractivity contribution is -0.116. The molecule has 0 bridgehead atoms. The largest absolute Gasteiger partial charge is 0.364 e. The second-order valence-electron chi connectivity index (χ2n) is 5.57. The summed E-state index contributed by atoms with van der Waals surface area (Å²) in [5.74, 6) is 0.774. The zero-order valence-electron chi connectivity index (χ0n) is 13.2. The van der Waals surface area contributed by atoms with Gasteiger partial charge < -0.3 is 10.6 Å². The molecule has 0 radical (unpaired) electrons. The van der Waals surface area contributed by atoms with Crippen molar-refractivity contribution in [3.05, 3.63) is 47.9 Å². The maximum absolute atomic E-state index is 11.8. The van der Waals surface area contributed by atoms with Crippen LogP contribution in [0, 0.1) is 17.2 Å². The second-order valence-corrected chi connectivity index (χ2v) is 5.57. The average molecular weight is 309 g/mol. The highest BCUT2D eigenvalue weighted by Gasteiger charge is 2.07. The predicted octanol–water partition coefficient (Wildman–Crippen LogP) is 2.94. The van der Waals surface area contributed by atoms with Gasteiger partial charge in [-0.3, -0.25) is 4.79 Å². The van der Waals surface area contributed by atoms with Crippen LogP contribution in [-0.4, -0.2) is 15.9 Å². The quantitative estimate of drug-likeness (QED) is 0.856. The summed E-state index contributed by atoms with van der Waals surface area (Å²) in [5.41, 5.74) is 1.99. The standard InChI is InChI=1S/C17H19N5O/c1-12(2)8-16(23)22-14-5-3-4-13(9-14)11-21-17-15(10-18)19-6-7-20-17/h3-7,9,12H,8,11H2,1-2H3,(H,20,21)(H,22,23). The van der Waals surface area contributed by atoms with E-state index in [-0.39, 0.29) is 11.6 Å². The number of hydrogen-bond acceptors (Lipinski definition) is 5. The first kappa shape index (κ1) is 16.4. The van der Waals surface area contributed by atoms with Gasteiger partial charge in [-0.25, -0.2) is 9.97 Å². The van der Waals surface area contributed by atoms with Crippen LogP contribution in [0.1, 0.15) is 31.5 Å². The van der Waals surface area contributed by atoms with Gasteiger partial charge in [0.1, 0.15) is 6.07 Å². The molecule has 1 heterocycles. The third-order valence-corrected chi connectivity index (χ3v) is 3.07. The van der Waals surface area contributed by atoms with Gasteiger partial charge in [-0.2, -0.15) is 5.26 Å². The number of benzene rings is 1. The molecule has 0 saturated carbocycles. The SMILES string of the molecule is CC(C)CC(=O)Nc1cccc(CNc2nccnc2C#N)c1. The Hall–Kier alpha value is -2.94. The van der Waals surface area contributed by atoms with E-state index in [0.29, 0.717) is 24.7 Å². The number of carbonyl (C=O) groups is 1. The number of nitrogens with one attached hydrogen (secondary N) is 2. The Balaban J connectivity index is 2.00. The third kappa shape index (κ3) is 5.08. The van der Waals surface area contributed by atoms with E-state index in [1.165, 1.54) is 12.4 Å². The van der Waals surface area contributed by atoms with Crippen molar-refractivity contribution in [1.29, 1.82) is 5.26 Å².